The Balaban J connectivity index is -0.0000000183. The van der Waals surface area contributed by atoms with E-state index in [0.29, 0.717) is 23.3 Å². The summed E-state index contributed by atoms with van der Waals surface area (Å²) in [5, 5.41) is 0. The van der Waals surface area contributed by atoms with Crippen LogP contribution in [0.4, 0.5) is 23.3 Å². The second-order valence-corrected chi connectivity index (χ2v) is 12.1. The summed E-state index contributed by atoms with van der Waals surface area (Å²) in [6.07, 6.45) is 0. The average Bonchev–Trinajstić information content (AvgIpc) is 2.85. The fourth-order valence-electron chi connectivity index (χ4n) is 2.43. The van der Waals surface area contributed by atoms with Gasteiger partial charge in [0.05, 0.1) is 22.8 Å². The van der Waals surface area contributed by atoms with Crippen molar-refractivity contribution in [2.24, 2.45) is 0 Å². The predicted molar refractivity (Wildman–Crippen MR) is 243 cm³/mol. The van der Waals surface area contributed by atoms with E-state index < -0.39 is 41.6 Å². The summed E-state index contributed by atoms with van der Waals surface area (Å²) in [4.78, 5) is 11.8. The summed E-state index contributed by atoms with van der Waals surface area (Å²) < 4.78 is 136. The van der Waals surface area contributed by atoms with E-state index in [2.05, 4.69) is 19.9 Å². The van der Waals surface area contributed by atoms with Gasteiger partial charge in [-0.1, -0.05) is 24.3 Å². The number of rotatable bonds is 0. The number of anilines is 4. The third-order valence-corrected chi connectivity index (χ3v) is 3.85. The van der Waals surface area contributed by atoms with Gasteiger partial charge in [0, 0.05) is 65.9 Å². The number of pyridine rings is 4. The molecule has 4 aromatic rings. The van der Waals surface area contributed by atoms with Gasteiger partial charge in [-0.15, -0.1) is 0 Å². The molecule has 0 aliphatic rings. The van der Waals surface area contributed by atoms with Crippen molar-refractivity contribution in [2.75, 3.05) is 22.9 Å². The van der Waals surface area contributed by atoms with E-state index in [1.807, 2.05) is 100 Å². The van der Waals surface area contributed by atoms with Crippen LogP contribution in [0.15, 0.2) is 72.8 Å². The zero-order valence-corrected chi connectivity index (χ0v) is 46.9. The maximum absolute atomic E-state index is 8.52. The Morgan fingerprint density at radius 3 is 0.429 bits per heavy atom. The van der Waals surface area contributed by atoms with Gasteiger partial charge in [0.1, 0.15) is 0 Å². The van der Waals surface area contributed by atoms with Crippen molar-refractivity contribution in [1.29, 1.82) is 0 Å². The summed E-state index contributed by atoms with van der Waals surface area (Å²) in [6.45, 7) is 7.87. The first-order valence-electron chi connectivity index (χ1n) is 12.8. The Kier molecular flexibility index (Phi) is 152. The second kappa shape index (κ2) is 73.8. The van der Waals surface area contributed by atoms with Gasteiger partial charge in [0.15, 0.2) is 0 Å². The van der Waals surface area contributed by atoms with Crippen LogP contribution in [-0.2, 0) is 146 Å². The first-order valence-corrected chi connectivity index (χ1v) is 18.1. The van der Waals surface area contributed by atoms with Crippen LogP contribution in [0.3, 0.4) is 0 Å². The number of aromatic nitrogens is 4. The molecule has 4 rings (SSSR count). The number of hydrogen-bond acceptors (Lipinski definition) is 20. The number of hydrogen-bond donors (Lipinski definition) is 4. The quantitative estimate of drug-likeness (QED) is 0.0550. The molecule has 0 saturated carbocycles. The molecule has 0 unspecified atom stereocenters. The molecule has 0 aliphatic carbocycles. The maximum atomic E-state index is 8.52. The van der Waals surface area contributed by atoms with Crippen molar-refractivity contribution in [1.82, 2.24) is 0 Å². The first-order chi connectivity index (χ1) is 23.2. The normalized spacial score (nSPS) is 7.49. The van der Waals surface area contributed by atoms with Gasteiger partial charge < -0.3 is 124 Å². The molecule has 56 N–H and O–H groups in total. The third-order valence-electron chi connectivity index (χ3n) is 3.85. The topological polar surface area (TPSA) is 1000 Å². The standard InChI is InChI=1S/4C6H8N2.4H2O4S.16H2O.2Zn/c4*1-5-3-2-4-6(7)8-5;4*1-5(2,3)4;;;;;;;;;;;;;;;;;;/h4*2-4H,1H3,(H2,7,8);4*(H2,1,2,3,4);16*1H2;;/q;;;;;;;;;;;;;;;;;;;;;;;;2*+2/p+8. The minimum atomic E-state index is -5.17. The molecule has 4 aromatic heterocycles. The number of aryl methyl sites for hydroxylation is 4. The summed E-state index contributed by atoms with van der Waals surface area (Å²) in [6, 6.07) is 22.9. The Bertz CT molecular complexity index is 1680. The van der Waals surface area contributed by atoms with Crippen molar-refractivity contribution < 1.29 is 217 Å². The van der Waals surface area contributed by atoms with E-state index in [9.17, 15) is 0 Å². The number of H-pyrrole nitrogens is 4. The maximum Gasteiger partial charge on any atom is 2.00 e. The van der Waals surface area contributed by atoms with Crippen LogP contribution >= 0.6 is 0 Å². The third kappa shape index (κ3) is 196. The molecule has 0 aromatic carbocycles. The Morgan fingerprint density at radius 2 is 0.386 bits per heavy atom. The van der Waals surface area contributed by atoms with E-state index >= 15 is 0 Å². The molecule has 4 heterocycles. The second-order valence-electron chi connectivity index (χ2n) is 8.79. The minimum absolute atomic E-state index is 0. The van der Waals surface area contributed by atoms with Gasteiger partial charge in [0.2, 0.25) is 0 Å². The molecule has 424 valence electrons. The monoisotopic (exact) mass is 1250 g/mol. The van der Waals surface area contributed by atoms with Crippen molar-refractivity contribution in [2.45, 2.75) is 27.7 Å². The van der Waals surface area contributed by atoms with Gasteiger partial charge in [-0.05, 0) is 52.0 Å². The van der Waals surface area contributed by atoms with Gasteiger partial charge in [0.25, 0.3) is 23.3 Å². The smallest absolute Gasteiger partial charge is 0.759 e. The summed E-state index contributed by atoms with van der Waals surface area (Å²) >= 11 is 0. The molecule has 40 nitrogen and oxygen atoms in total. The largest absolute Gasteiger partial charge is 2.00 e. The molecule has 0 atom stereocenters. The van der Waals surface area contributed by atoms with Crippen LogP contribution < -0.4 is 42.9 Å². The molecular weight excluding hydrogens is 1170 g/mol. The van der Waals surface area contributed by atoms with E-state index in [0.717, 1.165) is 22.8 Å². The van der Waals surface area contributed by atoms with Crippen LogP contribution in [-0.4, -0.2) is 92.0 Å². The summed E-state index contributed by atoms with van der Waals surface area (Å²) in [5.74, 6) is 2.85. The SMILES string of the molecule is Cc1cccc(N)[nH+]1.Cc1cccc(N)[nH+]1.Cc1cccc(N)[nH+]1.Cc1cccc(N)[nH+]1.O.O.O.O.O=S(=O)([O-])[O-].O=S(=O)([O-])[O-].O=S(=O)([O-])[O-].O=S(=O)([O-])[O-].[OH3+].[OH3+].[OH3+].[OH3+].[OH3+].[OH3+].[OH3+].[OH3+].[OH3+].[OH3+].[OH3+].[OH3+].[Zn+2].[Zn+2]. The van der Waals surface area contributed by atoms with E-state index in [1.165, 1.54) is 0 Å². The molecule has 70 heavy (non-hydrogen) atoms. The predicted octanol–water partition coefficient (Wildman–Crippen LogP) is -18.2. The molecular formula is C24H80N8O32S4Zn2+12. The summed E-state index contributed by atoms with van der Waals surface area (Å²) in [7, 11) is -20.7. The van der Waals surface area contributed by atoms with Crippen molar-refractivity contribution >= 4 is 64.9 Å². The molecule has 0 fully saturated rings. The van der Waals surface area contributed by atoms with Crippen LogP contribution in [0.2, 0.25) is 0 Å². The zero-order chi connectivity index (χ0) is 41.9. The minimum Gasteiger partial charge on any atom is -0.759 e. The van der Waals surface area contributed by atoms with Crippen LogP contribution in [0.5, 0.6) is 0 Å². The average molecular weight is 1250 g/mol. The molecule has 46 heteroatoms. The molecule has 0 amide bonds. The Morgan fingerprint density at radius 1 is 0.300 bits per heavy atom. The zero-order valence-electron chi connectivity index (χ0n) is 37.7. The first kappa shape index (κ1) is 144. The Hall–Kier alpha value is -4.11. The number of nitrogen functional groups attached to an aromatic ring is 4. The summed E-state index contributed by atoms with van der Waals surface area (Å²) in [5.41, 5.74) is 26.0. The van der Waals surface area contributed by atoms with Crippen molar-refractivity contribution in [3.63, 3.8) is 0 Å². The van der Waals surface area contributed by atoms with Gasteiger partial charge in [-0.2, -0.15) is 0 Å². The van der Waals surface area contributed by atoms with Crippen LogP contribution in [0.1, 0.15) is 22.8 Å². The Labute approximate surface area is 425 Å². The van der Waals surface area contributed by atoms with Gasteiger partial charge in [-0.25, -0.2) is 19.9 Å². The molecule has 0 radical (unpaired) electrons. The van der Waals surface area contributed by atoms with Gasteiger partial charge >= 0.3 is 39.0 Å². The van der Waals surface area contributed by atoms with Crippen LogP contribution in [0.25, 0.3) is 0 Å². The number of nitrogens with two attached hydrogens (primary N) is 4. The fourth-order valence-corrected chi connectivity index (χ4v) is 2.43. The number of aromatic amines is 4. The fraction of sp³-hybridized carbons (Fsp3) is 0.167. The van der Waals surface area contributed by atoms with Crippen molar-refractivity contribution in [3.8, 4) is 0 Å². The number of nitrogens with one attached hydrogen (secondary N) is 4. The van der Waals surface area contributed by atoms with E-state index in [-0.39, 0.29) is 127 Å². The van der Waals surface area contributed by atoms with E-state index in [1.54, 1.807) is 0 Å². The van der Waals surface area contributed by atoms with Crippen LogP contribution in [0, 0.1) is 27.7 Å². The molecule has 0 bridgehead atoms. The van der Waals surface area contributed by atoms with Crippen molar-refractivity contribution in [3.05, 3.63) is 95.6 Å². The molecule has 0 aliphatic heterocycles. The molecule has 0 spiro atoms. The molecule has 0 saturated heterocycles. The van der Waals surface area contributed by atoms with E-state index in [4.69, 9.17) is 93.0 Å². The van der Waals surface area contributed by atoms with Gasteiger partial charge in [-0.3, -0.25) is 56.6 Å².